The van der Waals surface area contributed by atoms with E-state index in [1.54, 1.807) is 23.2 Å². The van der Waals surface area contributed by atoms with Crippen molar-refractivity contribution < 1.29 is 14.3 Å². The minimum absolute atomic E-state index is 0.149. The second-order valence-corrected chi connectivity index (χ2v) is 5.56. The number of aromatic nitrogens is 1. The number of benzene rings is 1. The van der Waals surface area contributed by atoms with Gasteiger partial charge in [-0.15, -0.1) is 0 Å². The number of hydrogen-bond acceptors (Lipinski definition) is 4. The third kappa shape index (κ3) is 3.37. The lowest BCUT2D eigenvalue weighted by Gasteiger charge is -2.16. The zero-order valence-corrected chi connectivity index (χ0v) is 13.5. The van der Waals surface area contributed by atoms with Crippen LogP contribution in [0.25, 0.3) is 0 Å². The molecule has 0 unspecified atom stereocenters. The van der Waals surface area contributed by atoms with Crippen molar-refractivity contribution in [2.45, 2.75) is 19.4 Å². The van der Waals surface area contributed by atoms with Crippen LogP contribution >= 0.6 is 0 Å². The lowest BCUT2D eigenvalue weighted by atomic mass is 10.1. The van der Waals surface area contributed by atoms with Gasteiger partial charge in [0.1, 0.15) is 5.56 Å². The Balaban J connectivity index is 1.68. The highest BCUT2D eigenvalue weighted by molar-refractivity contribution is 5.96. The molecular weight excluding hydrogens is 306 g/mol. The van der Waals surface area contributed by atoms with Gasteiger partial charge >= 0.3 is 0 Å². The van der Waals surface area contributed by atoms with Crippen LogP contribution in [0, 0.1) is 0 Å². The Morgan fingerprint density at radius 2 is 2.21 bits per heavy atom. The monoisotopic (exact) mass is 325 g/mol. The topological polar surface area (TPSA) is 71.5 Å². The number of amides is 2. The number of rotatable bonds is 5. The summed E-state index contributed by atoms with van der Waals surface area (Å²) in [4.78, 5) is 29.9. The Kier molecular flexibility index (Phi) is 4.74. The molecule has 1 saturated heterocycles. The molecule has 0 atom stereocenters. The SMILES string of the molecule is COc1ncccc1C(=O)NCc1cccc(N2CCCC2=O)c1. The first-order chi connectivity index (χ1) is 11.7. The van der Waals surface area contributed by atoms with E-state index < -0.39 is 0 Å². The number of nitrogens with zero attached hydrogens (tertiary/aromatic N) is 2. The second-order valence-electron chi connectivity index (χ2n) is 5.56. The van der Waals surface area contributed by atoms with Crippen LogP contribution in [-0.2, 0) is 11.3 Å². The maximum absolute atomic E-state index is 12.3. The van der Waals surface area contributed by atoms with Gasteiger partial charge in [0.25, 0.3) is 5.91 Å². The second kappa shape index (κ2) is 7.12. The molecule has 0 saturated carbocycles. The first-order valence-electron chi connectivity index (χ1n) is 7.85. The summed E-state index contributed by atoms with van der Waals surface area (Å²) in [5.74, 6) is 0.199. The minimum atomic E-state index is -0.248. The molecule has 1 N–H and O–H groups in total. The normalized spacial score (nSPS) is 13.9. The Morgan fingerprint density at radius 1 is 1.33 bits per heavy atom. The van der Waals surface area contributed by atoms with Crippen molar-refractivity contribution in [3.63, 3.8) is 0 Å². The molecule has 6 heteroatoms. The smallest absolute Gasteiger partial charge is 0.257 e. The van der Waals surface area contributed by atoms with Gasteiger partial charge < -0.3 is 15.0 Å². The van der Waals surface area contributed by atoms with Gasteiger partial charge in [0, 0.05) is 31.4 Å². The molecule has 1 fully saturated rings. The minimum Gasteiger partial charge on any atom is -0.480 e. The summed E-state index contributed by atoms with van der Waals surface area (Å²) < 4.78 is 5.10. The molecule has 1 aromatic heterocycles. The van der Waals surface area contributed by atoms with Gasteiger partial charge in [-0.25, -0.2) is 4.98 Å². The fourth-order valence-electron chi connectivity index (χ4n) is 2.76. The van der Waals surface area contributed by atoms with Crippen LogP contribution in [0.2, 0.25) is 0 Å². The quantitative estimate of drug-likeness (QED) is 0.914. The lowest BCUT2D eigenvalue weighted by Crippen LogP contribution is -2.25. The molecule has 124 valence electrons. The number of methoxy groups -OCH3 is 1. The fraction of sp³-hybridized carbons (Fsp3) is 0.278. The number of carbonyl (C=O) groups excluding carboxylic acids is 2. The van der Waals surface area contributed by atoms with Crippen LogP contribution in [0.15, 0.2) is 42.6 Å². The Morgan fingerprint density at radius 3 is 2.96 bits per heavy atom. The van der Waals surface area contributed by atoms with Crippen molar-refractivity contribution in [2.75, 3.05) is 18.6 Å². The van der Waals surface area contributed by atoms with Crippen LogP contribution in [0.1, 0.15) is 28.8 Å². The molecule has 0 spiro atoms. The Hall–Kier alpha value is -2.89. The van der Waals surface area contributed by atoms with E-state index in [0.29, 0.717) is 24.4 Å². The molecule has 0 bridgehead atoms. The maximum atomic E-state index is 12.3. The van der Waals surface area contributed by atoms with Crippen molar-refractivity contribution in [3.8, 4) is 5.88 Å². The number of nitrogens with one attached hydrogen (secondary N) is 1. The van der Waals surface area contributed by atoms with E-state index >= 15 is 0 Å². The first kappa shape index (κ1) is 16.0. The summed E-state index contributed by atoms with van der Waals surface area (Å²) >= 11 is 0. The van der Waals surface area contributed by atoms with Crippen molar-refractivity contribution in [2.24, 2.45) is 0 Å². The predicted octanol–water partition coefficient (Wildman–Crippen LogP) is 2.15. The van der Waals surface area contributed by atoms with Crippen LogP contribution < -0.4 is 15.0 Å². The molecule has 2 amide bonds. The zero-order valence-electron chi connectivity index (χ0n) is 13.5. The summed E-state index contributed by atoms with van der Waals surface area (Å²) in [7, 11) is 1.48. The largest absolute Gasteiger partial charge is 0.480 e. The number of carbonyl (C=O) groups is 2. The Bertz CT molecular complexity index is 761. The Labute approximate surface area is 140 Å². The first-order valence-corrected chi connectivity index (χ1v) is 7.85. The van der Waals surface area contributed by atoms with Gasteiger partial charge in [-0.3, -0.25) is 9.59 Å². The zero-order chi connectivity index (χ0) is 16.9. The molecule has 0 radical (unpaired) electrons. The molecular formula is C18H19N3O3. The maximum Gasteiger partial charge on any atom is 0.257 e. The summed E-state index contributed by atoms with van der Waals surface area (Å²) in [5.41, 5.74) is 2.21. The molecule has 6 nitrogen and oxygen atoms in total. The van der Waals surface area contributed by atoms with E-state index in [1.807, 2.05) is 24.3 Å². The van der Waals surface area contributed by atoms with E-state index in [0.717, 1.165) is 24.2 Å². The standard InChI is InChI=1S/C18H19N3O3/c1-24-18-15(7-3-9-19-18)17(23)20-12-13-5-2-6-14(11-13)21-10-4-8-16(21)22/h2-3,5-7,9,11H,4,8,10,12H2,1H3,(H,20,23). The molecule has 1 aromatic carbocycles. The van der Waals surface area contributed by atoms with Gasteiger partial charge in [-0.1, -0.05) is 12.1 Å². The van der Waals surface area contributed by atoms with Crippen molar-refractivity contribution in [3.05, 3.63) is 53.7 Å². The van der Waals surface area contributed by atoms with Crippen LogP contribution in [0.4, 0.5) is 5.69 Å². The summed E-state index contributed by atoms with van der Waals surface area (Å²) in [6.45, 7) is 1.12. The van der Waals surface area contributed by atoms with Crippen molar-refractivity contribution in [1.29, 1.82) is 0 Å². The molecule has 2 heterocycles. The van der Waals surface area contributed by atoms with E-state index in [4.69, 9.17) is 4.74 Å². The average molecular weight is 325 g/mol. The number of anilines is 1. The van der Waals surface area contributed by atoms with Gasteiger partial charge in [0.05, 0.1) is 7.11 Å². The number of ether oxygens (including phenoxy) is 1. The molecule has 1 aliphatic rings. The third-order valence-electron chi connectivity index (χ3n) is 3.96. The molecule has 3 rings (SSSR count). The summed E-state index contributed by atoms with van der Waals surface area (Å²) in [6.07, 6.45) is 3.06. The number of hydrogen-bond donors (Lipinski definition) is 1. The van der Waals surface area contributed by atoms with Gasteiger partial charge in [0.15, 0.2) is 0 Å². The van der Waals surface area contributed by atoms with Gasteiger partial charge in [0.2, 0.25) is 11.8 Å². The average Bonchev–Trinajstić information content (AvgIpc) is 3.06. The number of pyridine rings is 1. The molecule has 24 heavy (non-hydrogen) atoms. The molecule has 2 aromatic rings. The highest BCUT2D eigenvalue weighted by atomic mass is 16.5. The van der Waals surface area contributed by atoms with Crippen LogP contribution in [-0.4, -0.2) is 30.5 Å². The highest BCUT2D eigenvalue weighted by Gasteiger charge is 2.21. The summed E-state index contributed by atoms with van der Waals surface area (Å²) in [5, 5.41) is 2.86. The van der Waals surface area contributed by atoms with E-state index in [9.17, 15) is 9.59 Å². The molecule has 1 aliphatic heterocycles. The summed E-state index contributed by atoms with van der Waals surface area (Å²) in [6, 6.07) is 11.0. The van der Waals surface area contributed by atoms with E-state index in [-0.39, 0.29) is 11.8 Å². The van der Waals surface area contributed by atoms with Crippen molar-refractivity contribution in [1.82, 2.24) is 10.3 Å². The van der Waals surface area contributed by atoms with Gasteiger partial charge in [-0.05, 0) is 36.2 Å². The third-order valence-corrected chi connectivity index (χ3v) is 3.96. The highest BCUT2D eigenvalue weighted by Crippen LogP contribution is 2.22. The van der Waals surface area contributed by atoms with Crippen LogP contribution in [0.3, 0.4) is 0 Å². The van der Waals surface area contributed by atoms with E-state index in [2.05, 4.69) is 10.3 Å². The molecule has 0 aliphatic carbocycles. The van der Waals surface area contributed by atoms with Crippen molar-refractivity contribution >= 4 is 17.5 Å². The van der Waals surface area contributed by atoms with E-state index in [1.165, 1.54) is 7.11 Å². The lowest BCUT2D eigenvalue weighted by molar-refractivity contribution is -0.117. The van der Waals surface area contributed by atoms with Crippen LogP contribution in [0.5, 0.6) is 5.88 Å². The fourth-order valence-corrected chi connectivity index (χ4v) is 2.76. The predicted molar refractivity (Wildman–Crippen MR) is 90.0 cm³/mol. The van der Waals surface area contributed by atoms with Gasteiger partial charge in [-0.2, -0.15) is 0 Å².